The normalized spacial score (nSPS) is 19.2. The molecular weight excluding hydrogens is 216 g/mol. The number of aliphatic hydroxyl groups excluding tert-OH is 1. The maximum atomic E-state index is 9.55. The SMILES string of the molecule is Cc1cccnc1CNC1(CO)CCOCC1. The van der Waals surface area contributed by atoms with Crippen LogP contribution < -0.4 is 5.32 Å². The Morgan fingerprint density at radius 1 is 1.47 bits per heavy atom. The van der Waals surface area contributed by atoms with Crippen molar-refractivity contribution in [3.8, 4) is 0 Å². The number of hydrogen-bond acceptors (Lipinski definition) is 4. The standard InChI is InChI=1S/C13H20N2O2/c1-11-3-2-6-14-12(11)9-15-13(10-16)4-7-17-8-5-13/h2-3,6,15-16H,4-5,7-10H2,1H3. The van der Waals surface area contributed by atoms with Gasteiger partial charge in [0, 0.05) is 31.5 Å². The van der Waals surface area contributed by atoms with Crippen LogP contribution in [-0.2, 0) is 11.3 Å². The fourth-order valence-corrected chi connectivity index (χ4v) is 2.13. The maximum absolute atomic E-state index is 9.55. The van der Waals surface area contributed by atoms with Gasteiger partial charge in [0.1, 0.15) is 0 Å². The first-order valence-corrected chi connectivity index (χ1v) is 6.10. The highest BCUT2D eigenvalue weighted by molar-refractivity contribution is 5.17. The van der Waals surface area contributed by atoms with Gasteiger partial charge in [-0.15, -0.1) is 0 Å². The molecule has 1 aromatic rings. The number of nitrogens with one attached hydrogen (secondary N) is 1. The molecule has 0 amide bonds. The minimum absolute atomic E-state index is 0.155. The molecular formula is C13H20N2O2. The van der Waals surface area contributed by atoms with Crippen LogP contribution in [0.25, 0.3) is 0 Å². The number of ether oxygens (including phenoxy) is 1. The van der Waals surface area contributed by atoms with Crippen LogP contribution in [0.4, 0.5) is 0 Å². The monoisotopic (exact) mass is 236 g/mol. The van der Waals surface area contributed by atoms with Crippen LogP contribution in [0.15, 0.2) is 18.3 Å². The molecule has 0 spiro atoms. The lowest BCUT2D eigenvalue weighted by atomic mass is 9.91. The second-order valence-electron chi connectivity index (χ2n) is 4.67. The van der Waals surface area contributed by atoms with Crippen molar-refractivity contribution in [3.63, 3.8) is 0 Å². The van der Waals surface area contributed by atoms with E-state index in [9.17, 15) is 5.11 Å². The van der Waals surface area contributed by atoms with E-state index in [0.29, 0.717) is 6.54 Å². The van der Waals surface area contributed by atoms with Crippen LogP contribution >= 0.6 is 0 Å². The van der Waals surface area contributed by atoms with E-state index >= 15 is 0 Å². The number of hydrogen-bond donors (Lipinski definition) is 2. The van der Waals surface area contributed by atoms with E-state index in [4.69, 9.17) is 4.74 Å². The van der Waals surface area contributed by atoms with Crippen LogP contribution in [-0.4, -0.2) is 35.5 Å². The summed E-state index contributed by atoms with van der Waals surface area (Å²) in [4.78, 5) is 4.35. The summed E-state index contributed by atoms with van der Waals surface area (Å²) < 4.78 is 5.34. The van der Waals surface area contributed by atoms with E-state index in [0.717, 1.165) is 31.7 Å². The predicted octanol–water partition coefficient (Wildman–Crippen LogP) is 1.02. The predicted molar refractivity (Wildman–Crippen MR) is 65.7 cm³/mol. The topological polar surface area (TPSA) is 54.4 Å². The quantitative estimate of drug-likeness (QED) is 0.819. The van der Waals surface area contributed by atoms with Crippen LogP contribution in [0.3, 0.4) is 0 Å². The Labute approximate surface area is 102 Å². The number of rotatable bonds is 4. The summed E-state index contributed by atoms with van der Waals surface area (Å²) in [6.07, 6.45) is 3.52. The third kappa shape index (κ3) is 3.03. The molecule has 94 valence electrons. The summed E-state index contributed by atoms with van der Waals surface area (Å²) in [5.41, 5.74) is 2.04. The average Bonchev–Trinajstić information content (AvgIpc) is 2.39. The zero-order valence-corrected chi connectivity index (χ0v) is 10.3. The number of aliphatic hydroxyl groups is 1. The van der Waals surface area contributed by atoms with Gasteiger partial charge in [-0.05, 0) is 31.4 Å². The Hall–Kier alpha value is -0.970. The second kappa shape index (κ2) is 5.58. The molecule has 1 aromatic heterocycles. The van der Waals surface area contributed by atoms with Crippen LogP contribution in [0.2, 0.25) is 0 Å². The smallest absolute Gasteiger partial charge is 0.0615 e. The number of aryl methyl sites for hydroxylation is 1. The van der Waals surface area contributed by atoms with E-state index in [2.05, 4.69) is 23.3 Å². The van der Waals surface area contributed by atoms with Gasteiger partial charge in [0.2, 0.25) is 0 Å². The Morgan fingerprint density at radius 2 is 2.24 bits per heavy atom. The number of nitrogens with zero attached hydrogens (tertiary/aromatic N) is 1. The number of aromatic nitrogens is 1. The van der Waals surface area contributed by atoms with Crippen LogP contribution in [0.5, 0.6) is 0 Å². The molecule has 2 N–H and O–H groups in total. The second-order valence-corrected chi connectivity index (χ2v) is 4.67. The van der Waals surface area contributed by atoms with Gasteiger partial charge in [0.25, 0.3) is 0 Å². The highest BCUT2D eigenvalue weighted by atomic mass is 16.5. The van der Waals surface area contributed by atoms with Gasteiger partial charge in [-0.2, -0.15) is 0 Å². The van der Waals surface area contributed by atoms with Gasteiger partial charge in [0.15, 0.2) is 0 Å². The van der Waals surface area contributed by atoms with Gasteiger partial charge in [0.05, 0.1) is 12.3 Å². The van der Waals surface area contributed by atoms with Crippen LogP contribution in [0, 0.1) is 6.92 Å². The maximum Gasteiger partial charge on any atom is 0.0615 e. The molecule has 0 radical (unpaired) electrons. The van der Waals surface area contributed by atoms with Crippen molar-refractivity contribution in [3.05, 3.63) is 29.6 Å². The molecule has 1 fully saturated rings. The Bertz CT molecular complexity index is 362. The Morgan fingerprint density at radius 3 is 2.88 bits per heavy atom. The molecule has 0 saturated carbocycles. The molecule has 4 nitrogen and oxygen atoms in total. The molecule has 17 heavy (non-hydrogen) atoms. The molecule has 0 atom stereocenters. The average molecular weight is 236 g/mol. The highest BCUT2D eigenvalue weighted by Gasteiger charge is 2.31. The minimum atomic E-state index is -0.192. The summed E-state index contributed by atoms with van der Waals surface area (Å²) in [5, 5.41) is 13.0. The molecule has 0 aromatic carbocycles. The van der Waals surface area contributed by atoms with E-state index in [1.807, 2.05) is 6.07 Å². The van der Waals surface area contributed by atoms with E-state index < -0.39 is 0 Å². The molecule has 0 bridgehead atoms. The fourth-order valence-electron chi connectivity index (χ4n) is 2.13. The summed E-state index contributed by atoms with van der Waals surface area (Å²) in [6.45, 7) is 4.35. The first kappa shape index (κ1) is 12.5. The molecule has 0 aliphatic carbocycles. The van der Waals surface area contributed by atoms with Crippen molar-refractivity contribution in [2.45, 2.75) is 31.8 Å². The molecule has 2 rings (SSSR count). The molecule has 0 unspecified atom stereocenters. The van der Waals surface area contributed by atoms with Crippen molar-refractivity contribution < 1.29 is 9.84 Å². The van der Waals surface area contributed by atoms with Crippen molar-refractivity contribution in [2.75, 3.05) is 19.8 Å². The largest absolute Gasteiger partial charge is 0.394 e. The molecule has 4 heteroatoms. The first-order chi connectivity index (χ1) is 8.26. The zero-order valence-electron chi connectivity index (χ0n) is 10.3. The van der Waals surface area contributed by atoms with Gasteiger partial charge >= 0.3 is 0 Å². The van der Waals surface area contributed by atoms with Gasteiger partial charge < -0.3 is 15.2 Å². The Balaban J connectivity index is 1.98. The zero-order chi connectivity index (χ0) is 12.1. The van der Waals surface area contributed by atoms with Crippen molar-refractivity contribution >= 4 is 0 Å². The number of pyridine rings is 1. The summed E-state index contributed by atoms with van der Waals surface area (Å²) in [5.74, 6) is 0. The third-order valence-corrected chi connectivity index (χ3v) is 3.50. The lowest BCUT2D eigenvalue weighted by molar-refractivity contribution is 0.0110. The molecule has 1 aliphatic rings. The fraction of sp³-hybridized carbons (Fsp3) is 0.615. The van der Waals surface area contributed by atoms with Crippen molar-refractivity contribution in [1.82, 2.24) is 10.3 Å². The lowest BCUT2D eigenvalue weighted by Gasteiger charge is -2.36. The van der Waals surface area contributed by atoms with E-state index in [1.54, 1.807) is 6.20 Å². The molecule has 1 aliphatic heterocycles. The van der Waals surface area contributed by atoms with Crippen molar-refractivity contribution in [2.24, 2.45) is 0 Å². The van der Waals surface area contributed by atoms with Crippen molar-refractivity contribution in [1.29, 1.82) is 0 Å². The first-order valence-electron chi connectivity index (χ1n) is 6.10. The summed E-state index contributed by atoms with van der Waals surface area (Å²) in [7, 11) is 0. The van der Waals surface area contributed by atoms with Crippen LogP contribution in [0.1, 0.15) is 24.1 Å². The highest BCUT2D eigenvalue weighted by Crippen LogP contribution is 2.20. The lowest BCUT2D eigenvalue weighted by Crippen LogP contribution is -2.52. The van der Waals surface area contributed by atoms with Gasteiger partial charge in [-0.1, -0.05) is 6.07 Å². The molecule has 2 heterocycles. The third-order valence-electron chi connectivity index (χ3n) is 3.50. The van der Waals surface area contributed by atoms with Gasteiger partial charge in [-0.25, -0.2) is 0 Å². The minimum Gasteiger partial charge on any atom is -0.394 e. The summed E-state index contributed by atoms with van der Waals surface area (Å²) in [6, 6.07) is 3.99. The molecule has 1 saturated heterocycles. The Kier molecular flexibility index (Phi) is 4.10. The summed E-state index contributed by atoms with van der Waals surface area (Å²) >= 11 is 0. The van der Waals surface area contributed by atoms with Gasteiger partial charge in [-0.3, -0.25) is 4.98 Å². The van der Waals surface area contributed by atoms with E-state index in [1.165, 1.54) is 5.56 Å². The van der Waals surface area contributed by atoms with E-state index in [-0.39, 0.29) is 12.1 Å².